The molecule has 1 radical (unpaired) electrons. The van der Waals surface area contributed by atoms with Crippen molar-refractivity contribution in [3.05, 3.63) is 36.0 Å². The highest BCUT2D eigenvalue weighted by atomic mass is 14.7. The zero-order valence-electron chi connectivity index (χ0n) is 5.81. The predicted octanol–water partition coefficient (Wildman–Crippen LogP) is 2.28. The molecule has 0 unspecified atom stereocenters. The van der Waals surface area contributed by atoms with Gasteiger partial charge in [0.15, 0.2) is 0 Å². The van der Waals surface area contributed by atoms with Crippen LogP contribution in [0.4, 0.5) is 0 Å². The Bertz CT molecular complexity index is 346. The second-order valence-electron chi connectivity index (χ2n) is 2.41. The van der Waals surface area contributed by atoms with Gasteiger partial charge in [0.2, 0.25) is 0 Å². The fraction of sp³-hybridized carbons (Fsp3) is 0.111. The van der Waals surface area contributed by atoms with Gasteiger partial charge in [0.1, 0.15) is 0 Å². The van der Waals surface area contributed by atoms with E-state index in [1.165, 1.54) is 16.5 Å². The first kappa shape index (κ1) is 5.54. The SMILES string of the molecule is Cc1[c]ccc2[nH]ccc12. The van der Waals surface area contributed by atoms with E-state index in [1.54, 1.807) is 0 Å². The molecule has 0 aliphatic carbocycles. The van der Waals surface area contributed by atoms with E-state index >= 15 is 0 Å². The molecule has 0 spiro atoms. The van der Waals surface area contributed by atoms with Crippen LogP contribution in [0, 0.1) is 13.0 Å². The van der Waals surface area contributed by atoms with Crippen LogP contribution < -0.4 is 0 Å². The van der Waals surface area contributed by atoms with Gasteiger partial charge in [-0.15, -0.1) is 0 Å². The highest BCUT2D eigenvalue weighted by Gasteiger charge is 1.94. The maximum absolute atomic E-state index is 3.14. The second kappa shape index (κ2) is 1.87. The fourth-order valence-corrected chi connectivity index (χ4v) is 1.17. The van der Waals surface area contributed by atoms with Gasteiger partial charge in [0, 0.05) is 17.1 Å². The Morgan fingerprint density at radius 2 is 2.30 bits per heavy atom. The number of aromatic nitrogens is 1. The van der Waals surface area contributed by atoms with Gasteiger partial charge in [-0.2, -0.15) is 0 Å². The van der Waals surface area contributed by atoms with Crippen LogP contribution in [0.1, 0.15) is 5.56 Å². The summed E-state index contributed by atoms with van der Waals surface area (Å²) in [5, 5.41) is 1.27. The first-order chi connectivity index (χ1) is 4.88. The Balaban J connectivity index is 2.95. The fourth-order valence-electron chi connectivity index (χ4n) is 1.17. The molecule has 1 heterocycles. The first-order valence-corrected chi connectivity index (χ1v) is 3.32. The van der Waals surface area contributed by atoms with Crippen molar-refractivity contribution in [1.82, 2.24) is 4.98 Å². The Morgan fingerprint density at radius 3 is 3.10 bits per heavy atom. The molecule has 2 aromatic rings. The van der Waals surface area contributed by atoms with Crippen molar-refractivity contribution in [3.63, 3.8) is 0 Å². The van der Waals surface area contributed by atoms with Crippen molar-refractivity contribution in [3.8, 4) is 0 Å². The van der Waals surface area contributed by atoms with E-state index in [9.17, 15) is 0 Å². The average Bonchev–Trinajstić information content (AvgIpc) is 2.36. The van der Waals surface area contributed by atoms with Crippen molar-refractivity contribution in [2.45, 2.75) is 6.92 Å². The molecule has 0 aliphatic rings. The Hall–Kier alpha value is -1.24. The smallest absolute Gasteiger partial charge is 0.0457 e. The minimum Gasteiger partial charge on any atom is -0.361 e. The lowest BCUT2D eigenvalue weighted by atomic mass is 10.1. The Kier molecular flexibility index (Phi) is 1.04. The van der Waals surface area contributed by atoms with E-state index in [0.29, 0.717) is 0 Å². The molecule has 1 N–H and O–H groups in total. The summed E-state index contributed by atoms with van der Waals surface area (Å²) >= 11 is 0. The van der Waals surface area contributed by atoms with Crippen LogP contribution in [-0.4, -0.2) is 4.98 Å². The third-order valence-corrected chi connectivity index (χ3v) is 1.73. The zero-order valence-corrected chi connectivity index (χ0v) is 5.81. The van der Waals surface area contributed by atoms with E-state index in [-0.39, 0.29) is 0 Å². The molecular formula is C9H8N. The van der Waals surface area contributed by atoms with Crippen molar-refractivity contribution in [2.24, 2.45) is 0 Å². The van der Waals surface area contributed by atoms with Crippen molar-refractivity contribution < 1.29 is 0 Å². The maximum atomic E-state index is 3.14. The van der Waals surface area contributed by atoms with E-state index in [2.05, 4.69) is 24.0 Å². The highest BCUT2D eigenvalue weighted by molar-refractivity contribution is 5.82. The summed E-state index contributed by atoms with van der Waals surface area (Å²) in [5.74, 6) is 0. The molecular weight excluding hydrogens is 122 g/mol. The van der Waals surface area contributed by atoms with E-state index < -0.39 is 0 Å². The second-order valence-corrected chi connectivity index (χ2v) is 2.41. The highest BCUT2D eigenvalue weighted by Crippen LogP contribution is 2.14. The first-order valence-electron chi connectivity index (χ1n) is 3.32. The van der Waals surface area contributed by atoms with Gasteiger partial charge in [-0.3, -0.25) is 0 Å². The summed E-state index contributed by atoms with van der Waals surface area (Å²) in [7, 11) is 0. The lowest BCUT2D eigenvalue weighted by Crippen LogP contribution is -1.72. The summed E-state index contributed by atoms with van der Waals surface area (Å²) in [6, 6.07) is 9.18. The third-order valence-electron chi connectivity index (χ3n) is 1.73. The molecule has 1 nitrogen and oxygen atoms in total. The zero-order chi connectivity index (χ0) is 6.97. The molecule has 0 saturated heterocycles. The lowest BCUT2D eigenvalue weighted by Gasteiger charge is -1.91. The van der Waals surface area contributed by atoms with E-state index in [0.717, 1.165) is 0 Å². The van der Waals surface area contributed by atoms with E-state index in [4.69, 9.17) is 0 Å². The standard InChI is InChI=1S/C9H8N/c1-7-3-2-4-9-8(7)5-6-10-9/h2,4-6,10H,1H3. The molecule has 0 bridgehead atoms. The molecule has 10 heavy (non-hydrogen) atoms. The molecule has 2 rings (SSSR count). The van der Waals surface area contributed by atoms with Gasteiger partial charge in [-0.25, -0.2) is 0 Å². The topological polar surface area (TPSA) is 15.8 Å². The predicted molar refractivity (Wildman–Crippen MR) is 41.9 cm³/mol. The lowest BCUT2D eigenvalue weighted by molar-refractivity contribution is 1.46. The summed E-state index contributed by atoms with van der Waals surface area (Å²) < 4.78 is 0. The number of aryl methyl sites for hydroxylation is 1. The quantitative estimate of drug-likeness (QED) is 0.563. The van der Waals surface area contributed by atoms with Gasteiger partial charge in [-0.05, 0) is 30.7 Å². The van der Waals surface area contributed by atoms with Crippen LogP contribution in [-0.2, 0) is 0 Å². The van der Waals surface area contributed by atoms with Gasteiger partial charge >= 0.3 is 0 Å². The molecule has 0 aliphatic heterocycles. The van der Waals surface area contributed by atoms with Gasteiger partial charge < -0.3 is 4.98 Å². The van der Waals surface area contributed by atoms with Crippen LogP contribution in [0.25, 0.3) is 10.9 Å². The molecule has 1 aromatic heterocycles. The van der Waals surface area contributed by atoms with Crippen molar-refractivity contribution in [2.75, 3.05) is 0 Å². The molecule has 49 valence electrons. The molecule has 0 fully saturated rings. The Morgan fingerprint density at radius 1 is 1.40 bits per heavy atom. The molecule has 0 saturated carbocycles. The number of H-pyrrole nitrogens is 1. The molecule has 0 amide bonds. The number of hydrogen-bond acceptors (Lipinski definition) is 0. The summed E-state index contributed by atoms with van der Waals surface area (Å²) in [6.45, 7) is 2.07. The van der Waals surface area contributed by atoms with Crippen LogP contribution in [0.3, 0.4) is 0 Å². The van der Waals surface area contributed by atoms with Crippen LogP contribution in [0.5, 0.6) is 0 Å². The summed E-state index contributed by atoms with van der Waals surface area (Å²) in [5.41, 5.74) is 2.40. The van der Waals surface area contributed by atoms with Gasteiger partial charge in [0.25, 0.3) is 0 Å². The number of hydrogen-bond donors (Lipinski definition) is 1. The van der Waals surface area contributed by atoms with Crippen LogP contribution >= 0.6 is 0 Å². The number of rotatable bonds is 0. The minimum absolute atomic E-state index is 1.19. The number of fused-ring (bicyclic) bond motifs is 1. The minimum atomic E-state index is 1.19. The monoisotopic (exact) mass is 130 g/mol. The third kappa shape index (κ3) is 0.637. The molecule has 1 heteroatoms. The molecule has 0 atom stereocenters. The number of nitrogens with one attached hydrogen (secondary N) is 1. The Labute approximate surface area is 59.7 Å². The average molecular weight is 130 g/mol. The van der Waals surface area contributed by atoms with Crippen LogP contribution in [0.2, 0.25) is 0 Å². The van der Waals surface area contributed by atoms with Gasteiger partial charge in [0.05, 0.1) is 0 Å². The van der Waals surface area contributed by atoms with Crippen molar-refractivity contribution >= 4 is 10.9 Å². The molecule has 1 aromatic carbocycles. The van der Waals surface area contributed by atoms with Crippen molar-refractivity contribution in [1.29, 1.82) is 0 Å². The van der Waals surface area contributed by atoms with E-state index in [1.807, 2.05) is 18.3 Å². The number of benzene rings is 1. The largest absolute Gasteiger partial charge is 0.361 e. The normalized spacial score (nSPS) is 10.5. The summed E-state index contributed by atoms with van der Waals surface area (Å²) in [6.07, 6.45) is 1.95. The maximum Gasteiger partial charge on any atom is 0.0457 e. The number of aromatic amines is 1. The van der Waals surface area contributed by atoms with Gasteiger partial charge in [-0.1, -0.05) is 6.07 Å². The van der Waals surface area contributed by atoms with Crippen LogP contribution in [0.15, 0.2) is 24.4 Å². The summed E-state index contributed by atoms with van der Waals surface area (Å²) in [4.78, 5) is 3.14.